The van der Waals surface area contributed by atoms with Gasteiger partial charge in [-0.1, -0.05) is 24.4 Å². The first-order valence-corrected chi connectivity index (χ1v) is 13.1. The minimum absolute atomic E-state index is 0.00859. The van der Waals surface area contributed by atoms with Gasteiger partial charge < -0.3 is 28.9 Å². The lowest BCUT2D eigenvalue weighted by molar-refractivity contribution is -0.138. The highest BCUT2D eigenvalue weighted by atomic mass is 32.2. The van der Waals surface area contributed by atoms with Gasteiger partial charge in [0.15, 0.2) is 5.17 Å². The van der Waals surface area contributed by atoms with Crippen LogP contribution in [-0.4, -0.2) is 84.7 Å². The number of rotatable bonds is 8. The Morgan fingerprint density at radius 3 is 2.47 bits per heavy atom. The quantitative estimate of drug-likeness (QED) is 0.366. The van der Waals surface area contributed by atoms with Gasteiger partial charge in [0, 0.05) is 44.4 Å². The second-order valence-electron chi connectivity index (χ2n) is 8.95. The van der Waals surface area contributed by atoms with Gasteiger partial charge >= 0.3 is 5.97 Å². The maximum atomic E-state index is 13.3. The normalized spacial score (nSPS) is 18.9. The maximum absolute atomic E-state index is 13.3. The van der Waals surface area contributed by atoms with Gasteiger partial charge in [0.25, 0.3) is 0 Å². The Labute approximate surface area is 226 Å². The largest absolute Gasteiger partial charge is 0.497 e. The van der Waals surface area contributed by atoms with Gasteiger partial charge in [-0.2, -0.15) is 0 Å². The predicted octanol–water partition coefficient (Wildman–Crippen LogP) is 3.09. The number of benzene rings is 1. The molecule has 3 aliphatic rings. The second-order valence-corrected chi connectivity index (χ2v) is 9.79. The highest BCUT2D eigenvalue weighted by Gasteiger charge is 2.43. The van der Waals surface area contributed by atoms with E-state index < -0.39 is 12.0 Å². The van der Waals surface area contributed by atoms with Crippen LogP contribution >= 0.6 is 11.8 Å². The van der Waals surface area contributed by atoms with Crippen LogP contribution in [0.1, 0.15) is 31.9 Å². The molecule has 1 fully saturated rings. The standard InChI is InChI=1S/C27H32N4O6S/c1-6-13-37-26(34)24-17(2)28-27-31(25(24)21-15-20(35-4)7-8-22(21)36-5)19(16-38-27)14-23(33)30-11-9-29(10-12-30)18(3)32/h6-8,15-16,25H,1,9-14H2,2-5H3. The monoisotopic (exact) mass is 540 g/mol. The van der Waals surface area contributed by atoms with Gasteiger partial charge in [-0.25, -0.2) is 9.79 Å². The third-order valence-electron chi connectivity index (χ3n) is 6.69. The highest BCUT2D eigenvalue weighted by molar-refractivity contribution is 8.16. The molecule has 1 aromatic carbocycles. The molecule has 0 radical (unpaired) electrons. The SMILES string of the molecule is C=CCOC(=O)C1=C(C)N=C2SC=C(CC(=O)N3CCN(C(C)=O)CC3)N2C1c1cc(OC)ccc1OC. The minimum Gasteiger partial charge on any atom is -0.497 e. The van der Waals surface area contributed by atoms with Crippen molar-refractivity contribution in [2.75, 3.05) is 47.0 Å². The molecule has 38 heavy (non-hydrogen) atoms. The van der Waals surface area contributed by atoms with E-state index in [-0.39, 0.29) is 24.8 Å². The number of thioether (sulfide) groups is 1. The zero-order valence-electron chi connectivity index (χ0n) is 22.1. The van der Waals surface area contributed by atoms with Crippen molar-refractivity contribution in [3.05, 3.63) is 58.8 Å². The number of carbonyl (C=O) groups excluding carboxylic acids is 3. The number of piperazine rings is 1. The number of amides is 2. The zero-order chi connectivity index (χ0) is 27.4. The van der Waals surface area contributed by atoms with E-state index in [0.717, 1.165) is 0 Å². The molecule has 0 bridgehead atoms. The van der Waals surface area contributed by atoms with Gasteiger partial charge in [-0.3, -0.25) is 9.59 Å². The summed E-state index contributed by atoms with van der Waals surface area (Å²) in [5.74, 6) is 0.580. The Balaban J connectivity index is 1.69. The Bertz CT molecular complexity index is 1230. The molecule has 3 heterocycles. The lowest BCUT2D eigenvalue weighted by atomic mass is 9.92. The number of carbonyl (C=O) groups is 3. The Hall–Kier alpha value is -3.73. The molecule has 1 atom stereocenters. The molecule has 0 N–H and O–H groups in total. The fraction of sp³-hybridized carbons (Fsp3) is 0.407. The molecule has 202 valence electrons. The van der Waals surface area contributed by atoms with Crippen molar-refractivity contribution in [2.24, 2.45) is 4.99 Å². The topological polar surface area (TPSA) is 101 Å². The zero-order valence-corrected chi connectivity index (χ0v) is 22.9. The molecule has 11 heteroatoms. The van der Waals surface area contributed by atoms with E-state index in [0.29, 0.717) is 65.4 Å². The summed E-state index contributed by atoms with van der Waals surface area (Å²) in [4.78, 5) is 48.5. The molecular weight excluding hydrogens is 508 g/mol. The number of aliphatic imine (C=N–C) groups is 1. The Morgan fingerprint density at radius 2 is 1.84 bits per heavy atom. The number of methoxy groups -OCH3 is 2. The number of hydrogen-bond acceptors (Lipinski definition) is 9. The first-order valence-electron chi connectivity index (χ1n) is 12.3. The molecule has 1 unspecified atom stereocenters. The van der Waals surface area contributed by atoms with Crippen molar-refractivity contribution in [1.29, 1.82) is 0 Å². The van der Waals surface area contributed by atoms with Crippen molar-refractivity contribution >= 4 is 34.7 Å². The summed E-state index contributed by atoms with van der Waals surface area (Å²) in [6.07, 6.45) is 1.62. The van der Waals surface area contributed by atoms with E-state index in [4.69, 9.17) is 19.2 Å². The molecule has 3 aliphatic heterocycles. The maximum Gasteiger partial charge on any atom is 0.338 e. The van der Waals surface area contributed by atoms with Crippen LogP contribution < -0.4 is 9.47 Å². The predicted molar refractivity (Wildman–Crippen MR) is 145 cm³/mol. The average Bonchev–Trinajstić information content (AvgIpc) is 3.32. The molecule has 4 rings (SSSR count). The van der Waals surface area contributed by atoms with E-state index in [2.05, 4.69) is 6.58 Å². The van der Waals surface area contributed by atoms with Crippen LogP contribution in [0.2, 0.25) is 0 Å². The third-order valence-corrected chi connectivity index (χ3v) is 7.58. The van der Waals surface area contributed by atoms with Crippen LogP contribution in [-0.2, 0) is 19.1 Å². The van der Waals surface area contributed by atoms with E-state index in [1.807, 2.05) is 16.4 Å². The van der Waals surface area contributed by atoms with Crippen molar-refractivity contribution in [2.45, 2.75) is 26.3 Å². The third kappa shape index (κ3) is 5.42. The minimum atomic E-state index is -0.659. The van der Waals surface area contributed by atoms with Crippen LogP contribution in [0.4, 0.5) is 0 Å². The summed E-state index contributed by atoms with van der Waals surface area (Å²) in [7, 11) is 3.14. The van der Waals surface area contributed by atoms with Crippen LogP contribution in [0, 0.1) is 0 Å². The van der Waals surface area contributed by atoms with Crippen LogP contribution in [0.25, 0.3) is 0 Å². The van der Waals surface area contributed by atoms with E-state index >= 15 is 0 Å². The molecule has 0 spiro atoms. The second kappa shape index (κ2) is 11.8. The van der Waals surface area contributed by atoms with Gasteiger partial charge in [0.2, 0.25) is 11.8 Å². The van der Waals surface area contributed by atoms with Crippen LogP contribution in [0.3, 0.4) is 0 Å². The summed E-state index contributed by atoms with van der Waals surface area (Å²) < 4.78 is 16.6. The first-order chi connectivity index (χ1) is 18.3. The van der Waals surface area contributed by atoms with Crippen molar-refractivity contribution in [1.82, 2.24) is 14.7 Å². The smallest absolute Gasteiger partial charge is 0.338 e. The molecule has 0 aliphatic carbocycles. The van der Waals surface area contributed by atoms with E-state index in [1.54, 1.807) is 43.1 Å². The number of amidine groups is 1. The Kier molecular flexibility index (Phi) is 8.45. The van der Waals surface area contributed by atoms with Gasteiger partial charge in [-0.05, 0) is 30.5 Å². The molecule has 1 saturated heterocycles. The molecule has 10 nitrogen and oxygen atoms in total. The van der Waals surface area contributed by atoms with Crippen LogP contribution in [0.5, 0.6) is 11.5 Å². The number of nitrogens with zero attached hydrogens (tertiary/aromatic N) is 4. The molecule has 0 aromatic heterocycles. The fourth-order valence-electron chi connectivity index (χ4n) is 4.73. The van der Waals surface area contributed by atoms with E-state index in [9.17, 15) is 14.4 Å². The lowest BCUT2D eigenvalue weighted by Gasteiger charge is -2.38. The fourth-order valence-corrected chi connectivity index (χ4v) is 5.69. The average molecular weight is 541 g/mol. The van der Waals surface area contributed by atoms with Gasteiger partial charge in [-0.15, -0.1) is 0 Å². The number of esters is 1. The van der Waals surface area contributed by atoms with Crippen LogP contribution in [0.15, 0.2) is 58.2 Å². The molecule has 2 amide bonds. The van der Waals surface area contributed by atoms with Gasteiger partial charge in [0.1, 0.15) is 18.1 Å². The van der Waals surface area contributed by atoms with Gasteiger partial charge in [0.05, 0.1) is 38.0 Å². The Morgan fingerprint density at radius 1 is 1.13 bits per heavy atom. The highest BCUT2D eigenvalue weighted by Crippen LogP contribution is 2.47. The number of hydrogen-bond donors (Lipinski definition) is 0. The summed E-state index contributed by atoms with van der Waals surface area (Å²) in [6, 6.07) is 4.73. The molecule has 1 aromatic rings. The summed E-state index contributed by atoms with van der Waals surface area (Å²) in [6.45, 7) is 8.97. The van der Waals surface area contributed by atoms with Crippen molar-refractivity contribution < 1.29 is 28.6 Å². The summed E-state index contributed by atoms with van der Waals surface area (Å²) in [5, 5.41) is 2.55. The molecular formula is C27H32N4O6S. The van der Waals surface area contributed by atoms with Crippen molar-refractivity contribution in [3.8, 4) is 11.5 Å². The van der Waals surface area contributed by atoms with Crippen molar-refractivity contribution in [3.63, 3.8) is 0 Å². The lowest BCUT2D eigenvalue weighted by Crippen LogP contribution is -2.50. The summed E-state index contributed by atoms with van der Waals surface area (Å²) >= 11 is 1.40. The van der Waals surface area contributed by atoms with E-state index in [1.165, 1.54) is 24.8 Å². The number of fused-ring (bicyclic) bond motifs is 1. The molecule has 0 saturated carbocycles. The number of allylic oxidation sites excluding steroid dienone is 1. The summed E-state index contributed by atoms with van der Waals surface area (Å²) in [5.41, 5.74) is 2.26. The first kappa shape index (κ1) is 27.3. The number of ether oxygens (including phenoxy) is 3.